The predicted octanol–water partition coefficient (Wildman–Crippen LogP) is 6.80. The minimum absolute atomic E-state index is 0.250. The first kappa shape index (κ1) is 25.2. The highest BCUT2D eigenvalue weighted by molar-refractivity contribution is 8.01. The fourth-order valence-electron chi connectivity index (χ4n) is 3.22. The Hall–Kier alpha value is -2.42. The van der Waals surface area contributed by atoms with Gasteiger partial charge in [-0.15, -0.1) is 11.8 Å². The van der Waals surface area contributed by atoms with Crippen molar-refractivity contribution < 1.29 is 14.1 Å². The molecule has 0 radical (unpaired) electrons. The Labute approximate surface area is 209 Å². The zero-order valence-electron chi connectivity index (χ0n) is 18.5. The van der Waals surface area contributed by atoms with E-state index in [4.69, 9.17) is 47.4 Å². The quantitative estimate of drug-likeness (QED) is 0.266. The second kappa shape index (κ2) is 10.7. The average Bonchev–Trinajstić information content (AvgIpc) is 3.38. The van der Waals surface area contributed by atoms with E-state index < -0.39 is 0 Å². The van der Waals surface area contributed by atoms with E-state index in [-0.39, 0.29) is 6.15 Å². The SMILES string of the molecule is Cc1nn(-c2nc(-c3c(C)noc3C)c(SC(C)C)s2)cc1-c1cc(Cl)cc(Cl)c1.O=C=O. The van der Waals surface area contributed by atoms with Crippen LogP contribution in [0.2, 0.25) is 10.0 Å². The van der Waals surface area contributed by atoms with Crippen molar-refractivity contribution in [3.05, 3.63) is 51.6 Å². The third kappa shape index (κ3) is 5.75. The molecule has 3 aromatic heterocycles. The van der Waals surface area contributed by atoms with Crippen LogP contribution in [0.1, 0.15) is 31.0 Å². The summed E-state index contributed by atoms with van der Waals surface area (Å²) < 4.78 is 8.32. The molecule has 0 saturated carbocycles. The number of thioether (sulfide) groups is 1. The Kier molecular flexibility index (Phi) is 8.15. The molecular formula is C22H20Cl2N4O3S2. The van der Waals surface area contributed by atoms with Gasteiger partial charge in [0.1, 0.15) is 11.5 Å². The number of rotatable bonds is 5. The summed E-state index contributed by atoms with van der Waals surface area (Å²) >= 11 is 15.8. The average molecular weight is 523 g/mol. The molecule has 3 heterocycles. The second-order valence-corrected chi connectivity index (χ2v) is 11.0. The molecule has 4 rings (SSSR count). The van der Waals surface area contributed by atoms with E-state index in [9.17, 15) is 0 Å². The third-order valence-corrected chi connectivity index (χ3v) is 7.16. The first-order valence-corrected chi connectivity index (χ1v) is 12.2. The molecule has 4 aromatic rings. The number of aryl methyl sites for hydroxylation is 3. The lowest BCUT2D eigenvalue weighted by molar-refractivity contribution is -0.191. The van der Waals surface area contributed by atoms with Gasteiger partial charge in [-0.3, -0.25) is 0 Å². The summed E-state index contributed by atoms with van der Waals surface area (Å²) in [6, 6.07) is 5.50. The van der Waals surface area contributed by atoms with Crippen molar-refractivity contribution in [1.82, 2.24) is 19.9 Å². The van der Waals surface area contributed by atoms with Gasteiger partial charge in [-0.1, -0.05) is 53.5 Å². The summed E-state index contributed by atoms with van der Waals surface area (Å²) in [5.74, 6) is 0.765. The Morgan fingerprint density at radius 3 is 2.27 bits per heavy atom. The molecule has 0 aliphatic rings. The molecule has 0 aliphatic heterocycles. The topological polar surface area (TPSA) is 90.9 Å². The number of aromatic nitrogens is 4. The smallest absolute Gasteiger partial charge is 0.361 e. The number of halogens is 2. The molecule has 0 unspecified atom stereocenters. The van der Waals surface area contributed by atoms with E-state index in [2.05, 4.69) is 19.0 Å². The van der Waals surface area contributed by atoms with E-state index in [0.29, 0.717) is 15.3 Å². The standard InChI is InChI=1S/C21H20Cl2N4OS2.CO2/c1-10(2)29-20-19(18-12(4)26-28-13(18)5)24-21(30-20)27-9-17(11(3)25-27)14-6-15(22)8-16(23)7-14;2-1-3/h6-10H,1-5H3;. The van der Waals surface area contributed by atoms with E-state index in [1.165, 1.54) is 0 Å². The normalized spacial score (nSPS) is 10.8. The van der Waals surface area contributed by atoms with Crippen molar-refractivity contribution in [2.75, 3.05) is 0 Å². The lowest BCUT2D eigenvalue weighted by Crippen LogP contribution is -1.94. The molecule has 0 N–H and O–H groups in total. The Morgan fingerprint density at radius 2 is 1.73 bits per heavy atom. The monoisotopic (exact) mass is 522 g/mol. The van der Waals surface area contributed by atoms with Crippen molar-refractivity contribution in [3.8, 4) is 27.5 Å². The minimum atomic E-state index is 0.250. The second-order valence-electron chi connectivity index (χ2n) is 7.31. The lowest BCUT2D eigenvalue weighted by Gasteiger charge is -2.03. The first-order chi connectivity index (χ1) is 15.6. The molecule has 7 nitrogen and oxygen atoms in total. The van der Waals surface area contributed by atoms with Gasteiger partial charge in [0.15, 0.2) is 0 Å². The first-order valence-electron chi connectivity index (χ1n) is 9.77. The summed E-state index contributed by atoms with van der Waals surface area (Å²) in [6.07, 6.45) is 2.22. The van der Waals surface area contributed by atoms with Gasteiger partial charge >= 0.3 is 6.15 Å². The Morgan fingerprint density at radius 1 is 1.09 bits per heavy atom. The van der Waals surface area contributed by atoms with Crippen molar-refractivity contribution in [3.63, 3.8) is 0 Å². The lowest BCUT2D eigenvalue weighted by atomic mass is 10.1. The predicted molar refractivity (Wildman–Crippen MR) is 130 cm³/mol. The molecule has 172 valence electrons. The molecule has 1 aromatic carbocycles. The number of hydrogen-bond acceptors (Lipinski definition) is 8. The third-order valence-electron chi connectivity index (χ3n) is 4.47. The maximum absolute atomic E-state index is 8.12. The van der Waals surface area contributed by atoms with Crippen molar-refractivity contribution in [2.45, 2.75) is 44.1 Å². The molecule has 0 aliphatic carbocycles. The molecule has 0 bridgehead atoms. The van der Waals surface area contributed by atoms with Gasteiger partial charge in [0, 0.05) is 27.1 Å². The molecule has 11 heteroatoms. The largest absolute Gasteiger partial charge is 0.373 e. The highest BCUT2D eigenvalue weighted by Gasteiger charge is 2.23. The van der Waals surface area contributed by atoms with Crippen molar-refractivity contribution in [1.29, 1.82) is 0 Å². The highest BCUT2D eigenvalue weighted by Crippen LogP contribution is 2.42. The number of benzene rings is 1. The molecule has 0 saturated heterocycles. The number of carbonyl (C=O) groups excluding carboxylic acids is 2. The van der Waals surface area contributed by atoms with Gasteiger partial charge in [0.25, 0.3) is 0 Å². The zero-order valence-corrected chi connectivity index (χ0v) is 21.6. The Balaban J connectivity index is 0.000000968. The van der Waals surface area contributed by atoms with Crippen LogP contribution in [0.15, 0.2) is 33.1 Å². The Bertz CT molecular complexity index is 1280. The number of hydrogen-bond donors (Lipinski definition) is 0. The van der Waals surface area contributed by atoms with Gasteiger partial charge in [0.05, 0.1) is 21.2 Å². The molecule has 0 amide bonds. The van der Waals surface area contributed by atoms with Crippen LogP contribution in [0.4, 0.5) is 0 Å². The van der Waals surface area contributed by atoms with Crippen LogP contribution in [0.3, 0.4) is 0 Å². The van der Waals surface area contributed by atoms with Gasteiger partial charge < -0.3 is 4.52 Å². The molecule has 0 atom stereocenters. The van der Waals surface area contributed by atoms with Gasteiger partial charge in [-0.05, 0) is 44.5 Å². The van der Waals surface area contributed by atoms with E-state index in [1.807, 2.05) is 43.8 Å². The van der Waals surface area contributed by atoms with E-state index in [0.717, 1.165) is 48.9 Å². The maximum atomic E-state index is 8.12. The van der Waals surface area contributed by atoms with E-state index >= 15 is 0 Å². The summed E-state index contributed by atoms with van der Waals surface area (Å²) in [4.78, 5) is 21.2. The van der Waals surface area contributed by atoms with Crippen LogP contribution in [0.5, 0.6) is 0 Å². The van der Waals surface area contributed by atoms with Crippen molar-refractivity contribution in [2.24, 2.45) is 0 Å². The zero-order chi connectivity index (χ0) is 24.3. The fourth-order valence-corrected chi connectivity index (χ4v) is 6.16. The maximum Gasteiger partial charge on any atom is 0.373 e. The van der Waals surface area contributed by atoms with E-state index in [1.54, 1.807) is 29.2 Å². The van der Waals surface area contributed by atoms with Crippen LogP contribution < -0.4 is 0 Å². The van der Waals surface area contributed by atoms with Crippen molar-refractivity contribution >= 4 is 52.5 Å². The molecule has 0 fully saturated rings. The van der Waals surface area contributed by atoms with Crippen LogP contribution >= 0.6 is 46.3 Å². The summed E-state index contributed by atoms with van der Waals surface area (Å²) in [5.41, 5.74) is 5.44. The summed E-state index contributed by atoms with van der Waals surface area (Å²) in [7, 11) is 0. The van der Waals surface area contributed by atoms with Crippen LogP contribution in [-0.2, 0) is 9.59 Å². The van der Waals surface area contributed by atoms with Crippen LogP contribution in [-0.4, -0.2) is 31.3 Å². The van der Waals surface area contributed by atoms with Gasteiger partial charge in [-0.25, -0.2) is 9.67 Å². The number of thiazole rings is 1. The fraction of sp³-hybridized carbons (Fsp3) is 0.273. The summed E-state index contributed by atoms with van der Waals surface area (Å²) in [6.45, 7) is 10.2. The van der Waals surface area contributed by atoms with Crippen LogP contribution in [0, 0.1) is 20.8 Å². The van der Waals surface area contributed by atoms with Crippen LogP contribution in [0.25, 0.3) is 27.5 Å². The van der Waals surface area contributed by atoms with Gasteiger partial charge in [-0.2, -0.15) is 14.7 Å². The minimum Gasteiger partial charge on any atom is -0.361 e. The van der Waals surface area contributed by atoms with Gasteiger partial charge in [0.2, 0.25) is 5.13 Å². The highest BCUT2D eigenvalue weighted by atomic mass is 35.5. The molecule has 0 spiro atoms. The number of nitrogens with zero attached hydrogens (tertiary/aromatic N) is 4. The molecular weight excluding hydrogens is 503 g/mol. The summed E-state index contributed by atoms with van der Waals surface area (Å²) in [5, 5.41) is 11.2. The molecule has 33 heavy (non-hydrogen) atoms.